The fraction of sp³-hybridized carbons (Fsp3) is 0.222. The number of hydrogen-bond acceptors (Lipinski definition) is 2. The van der Waals surface area contributed by atoms with Crippen molar-refractivity contribution in [2.45, 2.75) is 12.8 Å². The molecule has 25 heavy (non-hydrogen) atoms. The lowest BCUT2D eigenvalue weighted by molar-refractivity contribution is 0.0793. The molecule has 0 aliphatic carbocycles. The summed E-state index contributed by atoms with van der Waals surface area (Å²) in [5.41, 5.74) is 2.00. The quantitative estimate of drug-likeness (QED) is 0.772. The van der Waals surface area contributed by atoms with Crippen LogP contribution in [0, 0.1) is 5.82 Å². The topological polar surface area (TPSA) is 44.4 Å². The summed E-state index contributed by atoms with van der Waals surface area (Å²) in [6.07, 6.45) is 2.14. The number of carbonyl (C=O) groups excluding carboxylic acids is 1. The van der Waals surface area contributed by atoms with Crippen molar-refractivity contribution >= 4 is 46.2 Å². The van der Waals surface area contributed by atoms with Gasteiger partial charge in [-0.2, -0.15) is 0 Å². The Morgan fingerprint density at radius 1 is 1.04 bits per heavy atom. The highest BCUT2D eigenvalue weighted by Crippen LogP contribution is 2.20. The number of hydrogen-bond donors (Lipinski definition) is 2. The highest BCUT2D eigenvalue weighted by molar-refractivity contribution is 7.80. The van der Waals surface area contributed by atoms with E-state index in [-0.39, 0.29) is 10.9 Å². The van der Waals surface area contributed by atoms with Gasteiger partial charge in [-0.1, -0.05) is 11.6 Å². The van der Waals surface area contributed by atoms with Gasteiger partial charge in [-0.25, -0.2) is 4.39 Å². The number of thiocarbonyl (C=S) groups is 1. The molecule has 0 unspecified atom stereocenters. The second kappa shape index (κ2) is 7.80. The van der Waals surface area contributed by atoms with E-state index in [2.05, 4.69) is 10.6 Å². The van der Waals surface area contributed by atoms with Crippen molar-refractivity contribution in [2.75, 3.05) is 23.7 Å². The Labute approximate surface area is 156 Å². The number of halogens is 2. The van der Waals surface area contributed by atoms with E-state index in [0.29, 0.717) is 16.4 Å². The standard InChI is InChI=1S/C18H17ClFN3OS/c19-15-11-14(7-8-16(15)20)22-18(25)21-13-5-3-12(4-6-13)17(24)23-9-1-2-10-23/h3-8,11H,1-2,9-10H2,(H2,21,22,25). The maximum absolute atomic E-state index is 13.2. The van der Waals surface area contributed by atoms with Crippen LogP contribution >= 0.6 is 23.8 Å². The Morgan fingerprint density at radius 2 is 1.64 bits per heavy atom. The van der Waals surface area contributed by atoms with E-state index < -0.39 is 5.82 Å². The first-order valence-electron chi connectivity index (χ1n) is 7.95. The van der Waals surface area contributed by atoms with Gasteiger partial charge in [0, 0.05) is 30.0 Å². The normalized spacial score (nSPS) is 13.6. The molecule has 0 bridgehead atoms. The predicted molar refractivity (Wildman–Crippen MR) is 103 cm³/mol. The third-order valence-electron chi connectivity index (χ3n) is 3.96. The molecule has 130 valence electrons. The highest BCUT2D eigenvalue weighted by atomic mass is 35.5. The minimum Gasteiger partial charge on any atom is -0.339 e. The zero-order valence-corrected chi connectivity index (χ0v) is 15.0. The van der Waals surface area contributed by atoms with E-state index in [1.54, 1.807) is 30.3 Å². The lowest BCUT2D eigenvalue weighted by atomic mass is 10.2. The van der Waals surface area contributed by atoms with Crippen molar-refractivity contribution < 1.29 is 9.18 Å². The molecule has 1 heterocycles. The number of amides is 1. The van der Waals surface area contributed by atoms with Crippen LogP contribution in [0.3, 0.4) is 0 Å². The summed E-state index contributed by atoms with van der Waals surface area (Å²) < 4.78 is 13.2. The zero-order chi connectivity index (χ0) is 17.8. The van der Waals surface area contributed by atoms with E-state index in [9.17, 15) is 9.18 Å². The second-order valence-corrected chi connectivity index (χ2v) is 6.60. The van der Waals surface area contributed by atoms with E-state index in [1.165, 1.54) is 12.1 Å². The van der Waals surface area contributed by atoms with Gasteiger partial charge in [-0.15, -0.1) is 0 Å². The molecule has 0 aromatic heterocycles. The van der Waals surface area contributed by atoms with Crippen LogP contribution in [0.1, 0.15) is 23.2 Å². The number of benzene rings is 2. The van der Waals surface area contributed by atoms with Crippen LogP contribution in [0.5, 0.6) is 0 Å². The lowest BCUT2D eigenvalue weighted by Gasteiger charge is -2.15. The molecular weight excluding hydrogens is 361 g/mol. The summed E-state index contributed by atoms with van der Waals surface area (Å²) in [5.74, 6) is -0.421. The Hall–Kier alpha value is -2.18. The number of rotatable bonds is 3. The third-order valence-corrected chi connectivity index (χ3v) is 4.45. The first-order valence-corrected chi connectivity index (χ1v) is 8.74. The van der Waals surface area contributed by atoms with Crippen molar-refractivity contribution in [3.05, 3.63) is 58.9 Å². The molecule has 3 rings (SSSR count). The molecule has 1 amide bonds. The summed E-state index contributed by atoms with van der Waals surface area (Å²) in [7, 11) is 0. The fourth-order valence-electron chi connectivity index (χ4n) is 2.67. The van der Waals surface area contributed by atoms with Gasteiger partial charge < -0.3 is 15.5 Å². The molecule has 0 atom stereocenters. The van der Waals surface area contributed by atoms with Crippen LogP contribution in [0.15, 0.2) is 42.5 Å². The molecule has 0 spiro atoms. The molecule has 2 aromatic carbocycles. The zero-order valence-electron chi connectivity index (χ0n) is 13.4. The minimum atomic E-state index is -0.482. The van der Waals surface area contributed by atoms with Crippen LogP contribution in [0.25, 0.3) is 0 Å². The molecule has 1 fully saturated rings. The summed E-state index contributed by atoms with van der Waals surface area (Å²) >= 11 is 11.0. The number of carbonyl (C=O) groups is 1. The smallest absolute Gasteiger partial charge is 0.253 e. The maximum atomic E-state index is 13.2. The van der Waals surface area contributed by atoms with Gasteiger partial charge in [-0.3, -0.25) is 4.79 Å². The number of anilines is 2. The number of nitrogens with one attached hydrogen (secondary N) is 2. The van der Waals surface area contributed by atoms with Crippen LogP contribution in [-0.2, 0) is 0 Å². The van der Waals surface area contributed by atoms with Crippen LogP contribution in [0.2, 0.25) is 5.02 Å². The Kier molecular flexibility index (Phi) is 5.50. The summed E-state index contributed by atoms with van der Waals surface area (Å²) in [5, 5.41) is 6.33. The molecule has 1 aliphatic heterocycles. The number of likely N-dealkylation sites (tertiary alicyclic amines) is 1. The van der Waals surface area contributed by atoms with Crippen molar-refractivity contribution in [3.8, 4) is 0 Å². The van der Waals surface area contributed by atoms with E-state index in [4.69, 9.17) is 23.8 Å². The second-order valence-electron chi connectivity index (χ2n) is 5.78. The SMILES string of the molecule is O=C(c1ccc(NC(=S)Nc2ccc(F)c(Cl)c2)cc1)N1CCCC1. The molecule has 1 aliphatic rings. The van der Waals surface area contributed by atoms with Gasteiger partial charge in [-0.05, 0) is 67.5 Å². The highest BCUT2D eigenvalue weighted by Gasteiger charge is 2.19. The van der Waals surface area contributed by atoms with Crippen molar-refractivity contribution in [1.29, 1.82) is 0 Å². The third kappa shape index (κ3) is 4.46. The molecule has 2 N–H and O–H groups in total. The first-order chi connectivity index (χ1) is 12.0. The monoisotopic (exact) mass is 377 g/mol. The largest absolute Gasteiger partial charge is 0.339 e. The molecule has 0 radical (unpaired) electrons. The molecule has 0 saturated carbocycles. The van der Waals surface area contributed by atoms with Crippen LogP contribution in [-0.4, -0.2) is 29.0 Å². The van der Waals surface area contributed by atoms with Crippen LogP contribution < -0.4 is 10.6 Å². The van der Waals surface area contributed by atoms with Crippen molar-refractivity contribution in [2.24, 2.45) is 0 Å². The average Bonchev–Trinajstić information content (AvgIpc) is 3.13. The average molecular weight is 378 g/mol. The lowest BCUT2D eigenvalue weighted by Crippen LogP contribution is -2.27. The van der Waals surface area contributed by atoms with Gasteiger partial charge in [0.2, 0.25) is 0 Å². The van der Waals surface area contributed by atoms with Gasteiger partial charge in [0.15, 0.2) is 5.11 Å². The predicted octanol–water partition coefficient (Wildman–Crippen LogP) is 4.52. The molecule has 7 heteroatoms. The minimum absolute atomic E-state index is 0.0255. The first kappa shape index (κ1) is 17.6. The van der Waals surface area contributed by atoms with E-state index in [1.807, 2.05) is 4.90 Å². The van der Waals surface area contributed by atoms with E-state index >= 15 is 0 Å². The molecule has 1 saturated heterocycles. The number of nitrogens with zero attached hydrogens (tertiary/aromatic N) is 1. The van der Waals surface area contributed by atoms with Crippen molar-refractivity contribution in [1.82, 2.24) is 4.90 Å². The molecular formula is C18H17ClFN3OS. The molecule has 4 nitrogen and oxygen atoms in total. The Balaban J connectivity index is 1.59. The van der Waals surface area contributed by atoms with E-state index in [0.717, 1.165) is 31.6 Å². The van der Waals surface area contributed by atoms with Gasteiger partial charge in [0.1, 0.15) is 5.82 Å². The van der Waals surface area contributed by atoms with Gasteiger partial charge in [0.05, 0.1) is 5.02 Å². The summed E-state index contributed by atoms with van der Waals surface area (Å²) in [6.45, 7) is 1.65. The Bertz CT molecular complexity index is 791. The maximum Gasteiger partial charge on any atom is 0.253 e. The summed E-state index contributed by atoms with van der Waals surface area (Å²) in [4.78, 5) is 14.2. The van der Waals surface area contributed by atoms with Crippen molar-refractivity contribution in [3.63, 3.8) is 0 Å². The van der Waals surface area contributed by atoms with Gasteiger partial charge in [0.25, 0.3) is 5.91 Å². The van der Waals surface area contributed by atoms with Gasteiger partial charge >= 0.3 is 0 Å². The fourth-order valence-corrected chi connectivity index (χ4v) is 3.08. The van der Waals surface area contributed by atoms with Crippen LogP contribution in [0.4, 0.5) is 15.8 Å². The molecule has 2 aromatic rings. The Morgan fingerprint density at radius 3 is 2.28 bits per heavy atom. The summed E-state index contributed by atoms with van der Waals surface area (Å²) in [6, 6.07) is 11.4.